The number of benzene rings is 2. The van der Waals surface area contributed by atoms with Gasteiger partial charge >= 0.3 is 12.1 Å². The Morgan fingerprint density at radius 2 is 1.74 bits per heavy atom. The number of ether oxygens (including phenoxy) is 2. The van der Waals surface area contributed by atoms with Gasteiger partial charge in [0.1, 0.15) is 18.2 Å². The molecule has 0 aliphatic heterocycles. The Balaban J connectivity index is 1.75. The largest absolute Gasteiger partial charge is 0.488 e. The molecule has 1 heterocycles. The molecule has 0 bridgehead atoms. The van der Waals surface area contributed by atoms with E-state index in [1.165, 1.54) is 24.4 Å². The number of nitrogens with zero attached hydrogens (tertiary/aromatic N) is 1. The van der Waals surface area contributed by atoms with Crippen LogP contribution in [0.4, 0.5) is 17.6 Å². The number of hydrogen-bond donors (Lipinski definition) is 0. The lowest BCUT2D eigenvalue weighted by atomic mass is 9.95. The van der Waals surface area contributed by atoms with E-state index in [1.807, 2.05) is 0 Å². The summed E-state index contributed by atoms with van der Waals surface area (Å²) in [6, 6.07) is 10.8. The summed E-state index contributed by atoms with van der Waals surface area (Å²) in [4.78, 5) is 16.3. The molecule has 0 fully saturated rings. The molecule has 0 atom stereocenters. The van der Waals surface area contributed by atoms with Gasteiger partial charge in [-0.2, -0.15) is 13.2 Å². The van der Waals surface area contributed by atoms with E-state index < -0.39 is 17.7 Å². The number of allylic oxidation sites excluding steroid dienone is 2. The molecule has 4 nitrogen and oxygen atoms in total. The third-order valence-electron chi connectivity index (χ3n) is 5.76. The first-order valence-electron chi connectivity index (χ1n) is 11.2. The van der Waals surface area contributed by atoms with Gasteiger partial charge in [0.25, 0.3) is 0 Å². The highest BCUT2D eigenvalue weighted by molar-refractivity contribution is 5.96. The molecule has 0 saturated heterocycles. The lowest BCUT2D eigenvalue weighted by Crippen LogP contribution is -2.07. The summed E-state index contributed by atoms with van der Waals surface area (Å²) in [5, 5.41) is 0. The van der Waals surface area contributed by atoms with Crippen LogP contribution < -0.4 is 4.74 Å². The second-order valence-corrected chi connectivity index (χ2v) is 8.12. The van der Waals surface area contributed by atoms with E-state index in [-0.39, 0.29) is 24.6 Å². The summed E-state index contributed by atoms with van der Waals surface area (Å²) < 4.78 is 64.8. The monoisotopic (exact) mass is 485 g/mol. The van der Waals surface area contributed by atoms with Gasteiger partial charge in [-0.25, -0.2) is 9.18 Å². The Morgan fingerprint density at radius 3 is 2.46 bits per heavy atom. The van der Waals surface area contributed by atoms with Gasteiger partial charge in [-0.3, -0.25) is 4.98 Å². The molecule has 182 valence electrons. The van der Waals surface area contributed by atoms with E-state index in [2.05, 4.69) is 4.98 Å². The van der Waals surface area contributed by atoms with Gasteiger partial charge in [-0.1, -0.05) is 12.1 Å². The second-order valence-electron chi connectivity index (χ2n) is 8.12. The first kappa shape index (κ1) is 24.4. The number of aromatic nitrogens is 1. The average molecular weight is 485 g/mol. The Hall–Kier alpha value is -3.68. The van der Waals surface area contributed by atoms with Gasteiger partial charge in [0.2, 0.25) is 0 Å². The number of pyridine rings is 1. The van der Waals surface area contributed by atoms with E-state index in [4.69, 9.17) is 9.47 Å². The molecule has 3 aromatic rings. The minimum absolute atomic E-state index is 0.0706. The highest BCUT2D eigenvalue weighted by Gasteiger charge is 2.32. The molecule has 8 heteroatoms. The Labute approximate surface area is 200 Å². The lowest BCUT2D eigenvalue weighted by Gasteiger charge is -2.17. The molecule has 2 aromatic carbocycles. The summed E-state index contributed by atoms with van der Waals surface area (Å²) in [5.41, 5.74) is 2.71. The van der Waals surface area contributed by atoms with Crippen LogP contribution in [0.2, 0.25) is 0 Å². The quantitative estimate of drug-likeness (QED) is 0.265. The molecule has 1 aliphatic carbocycles. The molecule has 0 unspecified atom stereocenters. The van der Waals surface area contributed by atoms with Crippen LogP contribution >= 0.6 is 0 Å². The van der Waals surface area contributed by atoms with Crippen molar-refractivity contribution in [1.29, 1.82) is 0 Å². The van der Waals surface area contributed by atoms with E-state index >= 15 is 0 Å². The third-order valence-corrected chi connectivity index (χ3v) is 5.76. The van der Waals surface area contributed by atoms with Gasteiger partial charge in [-0.15, -0.1) is 0 Å². The maximum atomic E-state index is 13.6. The number of esters is 1. The summed E-state index contributed by atoms with van der Waals surface area (Å²) >= 11 is 0. The normalized spacial score (nSPS) is 13.7. The van der Waals surface area contributed by atoms with Gasteiger partial charge in [0, 0.05) is 18.0 Å². The van der Waals surface area contributed by atoms with E-state index in [9.17, 15) is 22.4 Å². The summed E-state index contributed by atoms with van der Waals surface area (Å²) in [6.45, 7) is 1.99. The second kappa shape index (κ2) is 10.3. The minimum atomic E-state index is -4.52. The highest BCUT2D eigenvalue weighted by Crippen LogP contribution is 2.44. The molecule has 0 spiro atoms. The first-order chi connectivity index (χ1) is 16.8. The summed E-state index contributed by atoms with van der Waals surface area (Å²) in [6.07, 6.45) is 0.384. The van der Waals surface area contributed by atoms with Crippen LogP contribution in [-0.4, -0.2) is 17.6 Å². The van der Waals surface area contributed by atoms with Crippen molar-refractivity contribution >= 4 is 17.1 Å². The van der Waals surface area contributed by atoms with Crippen molar-refractivity contribution in [3.63, 3.8) is 0 Å². The van der Waals surface area contributed by atoms with Crippen LogP contribution in [0.1, 0.15) is 58.8 Å². The molecular formula is C27H23F4NO3. The van der Waals surface area contributed by atoms with Crippen LogP contribution in [0.15, 0.2) is 60.9 Å². The topological polar surface area (TPSA) is 48.4 Å². The Morgan fingerprint density at radius 1 is 1.00 bits per heavy atom. The van der Waals surface area contributed by atoms with Gasteiger partial charge in [0.15, 0.2) is 0 Å². The number of alkyl halides is 3. The maximum absolute atomic E-state index is 13.6. The Kier molecular flexibility index (Phi) is 7.19. The van der Waals surface area contributed by atoms with Crippen LogP contribution in [0.3, 0.4) is 0 Å². The fourth-order valence-corrected chi connectivity index (χ4v) is 4.10. The summed E-state index contributed by atoms with van der Waals surface area (Å²) in [5.74, 6) is -0.598. The van der Waals surface area contributed by atoms with E-state index in [0.717, 1.165) is 24.1 Å². The molecule has 0 saturated carbocycles. The van der Waals surface area contributed by atoms with Crippen molar-refractivity contribution in [3.05, 3.63) is 94.6 Å². The van der Waals surface area contributed by atoms with Crippen LogP contribution in [0, 0.1) is 5.82 Å². The van der Waals surface area contributed by atoms with Crippen LogP contribution in [-0.2, 0) is 17.5 Å². The lowest BCUT2D eigenvalue weighted by molar-refractivity contribution is -0.137. The summed E-state index contributed by atoms with van der Waals surface area (Å²) in [7, 11) is 0. The van der Waals surface area contributed by atoms with Crippen molar-refractivity contribution in [3.8, 4) is 5.75 Å². The predicted octanol–water partition coefficient (Wildman–Crippen LogP) is 7.09. The molecule has 35 heavy (non-hydrogen) atoms. The zero-order chi connectivity index (χ0) is 25.0. The van der Waals surface area contributed by atoms with Crippen LogP contribution in [0.5, 0.6) is 5.75 Å². The SMILES string of the molecule is CCOC(=O)c1cncc(C2=C(c3cc(C(F)(F)F)ccc3OCc3ccc(F)cc3)CCC2)c1. The van der Waals surface area contributed by atoms with Crippen molar-refractivity contribution in [2.75, 3.05) is 6.61 Å². The number of carbonyl (C=O) groups excluding carboxylic acids is 1. The molecule has 0 amide bonds. The molecular weight excluding hydrogens is 462 g/mol. The molecule has 1 aliphatic rings. The zero-order valence-corrected chi connectivity index (χ0v) is 19.0. The van der Waals surface area contributed by atoms with Gasteiger partial charge < -0.3 is 9.47 Å². The standard InChI is InChI=1S/C27H23F4NO3/c1-2-34-26(33)19-12-18(14-32-15-19)22-4-3-5-23(22)24-13-20(27(29,30)31)8-11-25(24)35-16-17-6-9-21(28)10-7-17/h6-15H,2-5,16H2,1H3. The third kappa shape index (κ3) is 5.70. The van der Waals surface area contributed by atoms with Crippen molar-refractivity contribution in [2.24, 2.45) is 0 Å². The zero-order valence-electron chi connectivity index (χ0n) is 19.0. The van der Waals surface area contributed by atoms with Crippen LogP contribution in [0.25, 0.3) is 11.1 Å². The molecule has 0 N–H and O–H groups in total. The smallest absolute Gasteiger partial charge is 0.416 e. The number of rotatable bonds is 7. The van der Waals surface area contributed by atoms with E-state index in [0.29, 0.717) is 40.9 Å². The predicted molar refractivity (Wildman–Crippen MR) is 123 cm³/mol. The van der Waals surface area contributed by atoms with E-state index in [1.54, 1.807) is 31.3 Å². The minimum Gasteiger partial charge on any atom is -0.488 e. The highest BCUT2D eigenvalue weighted by atomic mass is 19.4. The molecule has 1 aromatic heterocycles. The number of hydrogen-bond acceptors (Lipinski definition) is 4. The van der Waals surface area contributed by atoms with Gasteiger partial charge in [-0.05, 0) is 84.9 Å². The first-order valence-corrected chi connectivity index (χ1v) is 11.2. The average Bonchev–Trinajstić information content (AvgIpc) is 3.33. The Bertz CT molecular complexity index is 1250. The fraction of sp³-hybridized carbons (Fsp3) is 0.259. The molecule has 0 radical (unpaired) electrons. The van der Waals surface area contributed by atoms with Crippen molar-refractivity contribution in [1.82, 2.24) is 4.98 Å². The molecule has 4 rings (SSSR count). The van der Waals surface area contributed by atoms with Gasteiger partial charge in [0.05, 0.1) is 17.7 Å². The fourth-order valence-electron chi connectivity index (χ4n) is 4.10. The number of carbonyl (C=O) groups is 1. The van der Waals surface area contributed by atoms with Crippen molar-refractivity contribution in [2.45, 2.75) is 39.0 Å². The number of halogens is 4. The van der Waals surface area contributed by atoms with Crippen molar-refractivity contribution < 1.29 is 31.8 Å². The maximum Gasteiger partial charge on any atom is 0.416 e.